The van der Waals surface area contributed by atoms with Gasteiger partial charge in [0.05, 0.1) is 22.9 Å². The van der Waals surface area contributed by atoms with E-state index in [2.05, 4.69) is 10.1 Å². The maximum absolute atomic E-state index is 12.9. The highest BCUT2D eigenvalue weighted by Gasteiger charge is 2.21. The van der Waals surface area contributed by atoms with E-state index >= 15 is 0 Å². The van der Waals surface area contributed by atoms with Gasteiger partial charge in [-0.05, 0) is 56.3 Å². The summed E-state index contributed by atoms with van der Waals surface area (Å²) in [6.45, 7) is 3.30. The van der Waals surface area contributed by atoms with Crippen molar-refractivity contribution < 1.29 is 18.7 Å². The standard InChI is InChI=1S/C21H17N3O4/c1-12-19-16(21(26)28-15-8-6-14(7-9-15)13(2)25)11-17(18-5-4-10-27-18)22-20(19)24(3)23-12/h4-11H,1-3H3. The van der Waals surface area contributed by atoms with Crippen LogP contribution < -0.4 is 4.74 Å². The van der Waals surface area contributed by atoms with Crippen molar-refractivity contribution >= 4 is 22.8 Å². The van der Waals surface area contributed by atoms with Crippen LogP contribution in [0.3, 0.4) is 0 Å². The van der Waals surface area contributed by atoms with Crippen molar-refractivity contribution in [1.82, 2.24) is 14.8 Å². The zero-order valence-electron chi connectivity index (χ0n) is 15.6. The average Bonchev–Trinajstić information content (AvgIpc) is 3.30. The Morgan fingerprint density at radius 2 is 1.89 bits per heavy atom. The Kier molecular flexibility index (Phi) is 4.27. The number of aryl methyl sites for hydroxylation is 2. The zero-order valence-corrected chi connectivity index (χ0v) is 15.6. The van der Waals surface area contributed by atoms with Crippen LogP contribution >= 0.6 is 0 Å². The van der Waals surface area contributed by atoms with Gasteiger partial charge >= 0.3 is 5.97 Å². The van der Waals surface area contributed by atoms with Crippen LogP contribution in [0.1, 0.15) is 33.3 Å². The van der Waals surface area contributed by atoms with E-state index in [1.54, 1.807) is 60.5 Å². The van der Waals surface area contributed by atoms with Crippen molar-refractivity contribution in [2.45, 2.75) is 13.8 Å². The number of pyridine rings is 1. The minimum absolute atomic E-state index is 0.0530. The van der Waals surface area contributed by atoms with Gasteiger partial charge in [-0.1, -0.05) is 0 Å². The number of furan rings is 1. The Bertz CT molecular complexity index is 1190. The highest BCUT2D eigenvalue weighted by atomic mass is 16.5. The van der Waals surface area contributed by atoms with Gasteiger partial charge in [0.15, 0.2) is 17.2 Å². The number of Topliss-reactive ketones (excluding diaryl/α,β-unsaturated/α-hetero) is 1. The monoisotopic (exact) mass is 375 g/mol. The van der Waals surface area contributed by atoms with Crippen LogP contribution in [0.4, 0.5) is 0 Å². The summed E-state index contributed by atoms with van der Waals surface area (Å²) in [6, 6.07) is 11.6. The van der Waals surface area contributed by atoms with Crippen molar-refractivity contribution in [2.75, 3.05) is 0 Å². The minimum atomic E-state index is -0.535. The first-order valence-corrected chi connectivity index (χ1v) is 8.65. The molecule has 1 aromatic carbocycles. The summed E-state index contributed by atoms with van der Waals surface area (Å²) >= 11 is 0. The second-order valence-electron chi connectivity index (χ2n) is 6.41. The summed E-state index contributed by atoms with van der Waals surface area (Å²) < 4.78 is 12.6. The first-order valence-electron chi connectivity index (χ1n) is 8.65. The van der Waals surface area contributed by atoms with Crippen LogP contribution in [-0.4, -0.2) is 26.5 Å². The van der Waals surface area contributed by atoms with E-state index < -0.39 is 5.97 Å². The Hall–Kier alpha value is -3.74. The van der Waals surface area contributed by atoms with Crippen molar-refractivity contribution in [3.05, 3.63) is 65.5 Å². The summed E-state index contributed by atoms with van der Waals surface area (Å²) in [7, 11) is 1.77. The third-order valence-corrected chi connectivity index (χ3v) is 4.43. The molecule has 7 heteroatoms. The van der Waals surface area contributed by atoms with Gasteiger partial charge in [0.1, 0.15) is 11.4 Å². The third-order valence-electron chi connectivity index (χ3n) is 4.43. The number of esters is 1. The van der Waals surface area contributed by atoms with Gasteiger partial charge in [-0.15, -0.1) is 0 Å². The first kappa shape index (κ1) is 17.7. The molecular formula is C21H17N3O4. The molecule has 0 atom stereocenters. The Morgan fingerprint density at radius 3 is 2.54 bits per heavy atom. The molecule has 0 aliphatic rings. The lowest BCUT2D eigenvalue weighted by atomic mass is 10.1. The summed E-state index contributed by atoms with van der Waals surface area (Å²) in [5.74, 6) is 0.302. The Balaban J connectivity index is 1.78. The molecule has 0 fully saturated rings. The van der Waals surface area contributed by atoms with Crippen LogP contribution in [0.15, 0.2) is 53.1 Å². The van der Waals surface area contributed by atoms with E-state index in [1.807, 2.05) is 6.92 Å². The third kappa shape index (κ3) is 3.07. The molecule has 0 aliphatic heterocycles. The highest BCUT2D eigenvalue weighted by Crippen LogP contribution is 2.28. The summed E-state index contributed by atoms with van der Waals surface area (Å²) in [5.41, 5.74) is 2.64. The van der Waals surface area contributed by atoms with E-state index in [-0.39, 0.29) is 5.78 Å². The molecule has 0 N–H and O–H groups in total. The van der Waals surface area contributed by atoms with Gasteiger partial charge in [0.25, 0.3) is 0 Å². The maximum atomic E-state index is 12.9. The number of rotatable bonds is 4. The molecule has 0 spiro atoms. The molecule has 0 aliphatic carbocycles. The number of fused-ring (bicyclic) bond motifs is 1. The molecule has 0 radical (unpaired) electrons. The molecule has 0 bridgehead atoms. The summed E-state index contributed by atoms with van der Waals surface area (Å²) in [4.78, 5) is 28.9. The van der Waals surface area contributed by atoms with Crippen LogP contribution in [0.25, 0.3) is 22.5 Å². The molecule has 3 heterocycles. The number of aromatic nitrogens is 3. The first-order chi connectivity index (χ1) is 13.4. The Morgan fingerprint density at radius 1 is 1.14 bits per heavy atom. The maximum Gasteiger partial charge on any atom is 0.344 e. The van der Waals surface area contributed by atoms with Crippen molar-refractivity contribution in [3.8, 4) is 17.2 Å². The van der Waals surface area contributed by atoms with Crippen LogP contribution in [0.5, 0.6) is 5.75 Å². The zero-order chi connectivity index (χ0) is 19.8. The van der Waals surface area contributed by atoms with Crippen LogP contribution in [0, 0.1) is 6.92 Å². The molecular weight excluding hydrogens is 358 g/mol. The predicted octanol–water partition coefficient (Wildman–Crippen LogP) is 3.96. The molecule has 0 unspecified atom stereocenters. The fourth-order valence-corrected chi connectivity index (χ4v) is 3.08. The van der Waals surface area contributed by atoms with Crippen molar-refractivity contribution in [3.63, 3.8) is 0 Å². The van der Waals surface area contributed by atoms with E-state index in [1.165, 1.54) is 6.92 Å². The van der Waals surface area contributed by atoms with Crippen LogP contribution in [0.2, 0.25) is 0 Å². The van der Waals surface area contributed by atoms with Gasteiger partial charge in [0, 0.05) is 12.6 Å². The van der Waals surface area contributed by atoms with E-state index in [9.17, 15) is 9.59 Å². The number of ketones is 1. The summed E-state index contributed by atoms with van der Waals surface area (Å²) in [6.07, 6.45) is 1.55. The quantitative estimate of drug-likeness (QED) is 0.305. The second kappa shape index (κ2) is 6.77. The van der Waals surface area contributed by atoms with Gasteiger partial charge in [-0.3, -0.25) is 9.48 Å². The molecule has 7 nitrogen and oxygen atoms in total. The summed E-state index contributed by atoms with van der Waals surface area (Å²) in [5, 5.41) is 5.00. The number of ether oxygens (including phenoxy) is 1. The lowest BCUT2D eigenvalue weighted by Gasteiger charge is -2.08. The van der Waals surface area contributed by atoms with Gasteiger partial charge in [-0.25, -0.2) is 9.78 Å². The molecule has 0 saturated carbocycles. The number of carbonyl (C=O) groups excluding carboxylic acids is 2. The highest BCUT2D eigenvalue weighted by molar-refractivity contribution is 6.05. The topological polar surface area (TPSA) is 87.2 Å². The Labute approximate surface area is 160 Å². The lowest BCUT2D eigenvalue weighted by molar-refractivity contribution is 0.0736. The number of carbonyl (C=O) groups is 2. The number of hydrogen-bond acceptors (Lipinski definition) is 6. The predicted molar refractivity (Wildman–Crippen MR) is 102 cm³/mol. The van der Waals surface area contributed by atoms with E-state index in [4.69, 9.17) is 9.15 Å². The van der Waals surface area contributed by atoms with Crippen molar-refractivity contribution in [2.24, 2.45) is 7.05 Å². The van der Waals surface area contributed by atoms with E-state index in [0.717, 1.165) is 0 Å². The number of hydrogen-bond donors (Lipinski definition) is 0. The van der Waals surface area contributed by atoms with Gasteiger partial charge < -0.3 is 9.15 Å². The SMILES string of the molecule is CC(=O)c1ccc(OC(=O)c2cc(-c3ccco3)nc3c2c(C)nn3C)cc1. The van der Waals surface area contributed by atoms with Gasteiger partial charge in [-0.2, -0.15) is 5.10 Å². The fourth-order valence-electron chi connectivity index (χ4n) is 3.08. The lowest BCUT2D eigenvalue weighted by Crippen LogP contribution is -2.10. The molecule has 0 amide bonds. The minimum Gasteiger partial charge on any atom is -0.463 e. The molecule has 4 aromatic rings. The van der Waals surface area contributed by atoms with Crippen molar-refractivity contribution in [1.29, 1.82) is 0 Å². The van der Waals surface area contributed by atoms with E-state index in [0.29, 0.717) is 45.1 Å². The normalized spacial score (nSPS) is 11.0. The van der Waals surface area contributed by atoms with Crippen LogP contribution in [-0.2, 0) is 7.05 Å². The average molecular weight is 375 g/mol. The molecule has 140 valence electrons. The number of benzene rings is 1. The molecule has 28 heavy (non-hydrogen) atoms. The fraction of sp³-hybridized carbons (Fsp3) is 0.143. The molecule has 0 saturated heterocycles. The number of nitrogens with zero attached hydrogens (tertiary/aromatic N) is 3. The smallest absolute Gasteiger partial charge is 0.344 e. The van der Waals surface area contributed by atoms with Gasteiger partial charge in [0.2, 0.25) is 0 Å². The largest absolute Gasteiger partial charge is 0.463 e. The second-order valence-corrected chi connectivity index (χ2v) is 6.41. The molecule has 3 aromatic heterocycles. The molecule has 4 rings (SSSR count).